The zero-order chi connectivity index (χ0) is 15.6. The molecule has 0 aromatic carbocycles. The van der Waals surface area contributed by atoms with Gasteiger partial charge in [-0.1, -0.05) is 0 Å². The molecule has 0 amide bonds. The molecule has 4 rings (SSSR count). The van der Waals surface area contributed by atoms with Crippen LogP contribution < -0.4 is 4.90 Å². The molecule has 1 saturated heterocycles. The highest BCUT2D eigenvalue weighted by Gasteiger charge is 2.22. The highest BCUT2D eigenvalue weighted by Crippen LogP contribution is 2.24. The fourth-order valence-corrected chi connectivity index (χ4v) is 3.53. The van der Waals surface area contributed by atoms with Gasteiger partial charge < -0.3 is 4.90 Å². The Kier molecular flexibility index (Phi) is 3.95. The number of piperazine rings is 1. The summed E-state index contributed by atoms with van der Waals surface area (Å²) in [5, 5.41) is 6.84. The van der Waals surface area contributed by atoms with Gasteiger partial charge in [-0.25, -0.2) is 15.0 Å². The summed E-state index contributed by atoms with van der Waals surface area (Å²) >= 11 is 0. The number of anilines is 1. The van der Waals surface area contributed by atoms with Crippen LogP contribution in [0.5, 0.6) is 0 Å². The smallest absolute Gasteiger partial charge is 0.225 e. The van der Waals surface area contributed by atoms with Gasteiger partial charge >= 0.3 is 0 Å². The Morgan fingerprint density at radius 2 is 1.91 bits per heavy atom. The van der Waals surface area contributed by atoms with Gasteiger partial charge in [-0.2, -0.15) is 5.10 Å². The summed E-state index contributed by atoms with van der Waals surface area (Å²) in [5.74, 6) is 1.85. The second-order valence-corrected chi connectivity index (χ2v) is 6.44. The Morgan fingerprint density at radius 3 is 2.70 bits per heavy atom. The topological polar surface area (TPSA) is 73.8 Å². The van der Waals surface area contributed by atoms with Gasteiger partial charge in [0.25, 0.3) is 0 Å². The molecule has 1 N–H and O–H groups in total. The molecule has 0 spiro atoms. The minimum atomic E-state index is 0.831. The zero-order valence-electron chi connectivity index (χ0n) is 13.6. The fraction of sp³-hybridized carbons (Fsp3) is 0.625. The quantitative estimate of drug-likeness (QED) is 0.915. The summed E-state index contributed by atoms with van der Waals surface area (Å²) in [6, 6.07) is 0. The Bertz CT molecular complexity index is 659. The molecule has 2 aliphatic rings. The van der Waals surface area contributed by atoms with Gasteiger partial charge in [-0.3, -0.25) is 10.00 Å². The molecule has 0 radical (unpaired) electrons. The van der Waals surface area contributed by atoms with E-state index in [1.54, 1.807) is 6.33 Å². The summed E-state index contributed by atoms with van der Waals surface area (Å²) in [5.41, 5.74) is 3.85. The van der Waals surface area contributed by atoms with Gasteiger partial charge in [0.2, 0.25) is 5.95 Å². The first-order valence-electron chi connectivity index (χ1n) is 8.47. The van der Waals surface area contributed by atoms with Gasteiger partial charge in [-0.15, -0.1) is 0 Å². The molecule has 3 heterocycles. The lowest BCUT2D eigenvalue weighted by Crippen LogP contribution is -2.46. The standard InChI is InChI=1S/C16H23N7/c1-12-13-4-2-3-5-14(13)20-16(19-12)23-8-6-22(7-9-23)10-15-17-11-18-21-15/h11H,2-10H2,1H3,(H,17,18,21). The molecule has 23 heavy (non-hydrogen) atoms. The fourth-order valence-electron chi connectivity index (χ4n) is 3.53. The lowest BCUT2D eigenvalue weighted by Gasteiger charge is -2.34. The van der Waals surface area contributed by atoms with E-state index in [4.69, 9.17) is 9.97 Å². The monoisotopic (exact) mass is 313 g/mol. The Morgan fingerprint density at radius 1 is 1.09 bits per heavy atom. The van der Waals surface area contributed by atoms with Crippen LogP contribution in [0.25, 0.3) is 0 Å². The van der Waals surface area contributed by atoms with Gasteiger partial charge in [0.05, 0.1) is 6.54 Å². The Hall–Kier alpha value is -2.02. The molecule has 0 saturated carbocycles. The second-order valence-electron chi connectivity index (χ2n) is 6.44. The summed E-state index contributed by atoms with van der Waals surface area (Å²) < 4.78 is 0. The van der Waals surface area contributed by atoms with Crippen LogP contribution in [-0.4, -0.2) is 56.2 Å². The average Bonchev–Trinajstić information content (AvgIpc) is 3.08. The summed E-state index contributed by atoms with van der Waals surface area (Å²) in [7, 11) is 0. The molecule has 7 heteroatoms. The maximum atomic E-state index is 4.87. The largest absolute Gasteiger partial charge is 0.338 e. The maximum Gasteiger partial charge on any atom is 0.225 e. The van der Waals surface area contributed by atoms with Crippen molar-refractivity contribution in [1.82, 2.24) is 30.0 Å². The number of aromatic nitrogens is 5. The lowest BCUT2D eigenvalue weighted by atomic mass is 9.95. The van der Waals surface area contributed by atoms with Crippen LogP contribution in [0.4, 0.5) is 5.95 Å². The van der Waals surface area contributed by atoms with E-state index in [1.165, 1.54) is 29.8 Å². The van der Waals surface area contributed by atoms with Crippen LogP contribution in [0.15, 0.2) is 6.33 Å². The van der Waals surface area contributed by atoms with E-state index in [2.05, 4.69) is 31.9 Å². The van der Waals surface area contributed by atoms with Gasteiger partial charge in [0.15, 0.2) is 0 Å². The molecule has 0 bridgehead atoms. The molecule has 1 aliphatic carbocycles. The number of H-pyrrole nitrogens is 1. The van der Waals surface area contributed by atoms with Gasteiger partial charge in [0, 0.05) is 37.6 Å². The van der Waals surface area contributed by atoms with Crippen LogP contribution in [0, 0.1) is 6.92 Å². The van der Waals surface area contributed by atoms with Crippen molar-refractivity contribution in [2.45, 2.75) is 39.2 Å². The van der Waals surface area contributed by atoms with E-state index in [-0.39, 0.29) is 0 Å². The van der Waals surface area contributed by atoms with E-state index in [1.807, 2.05) is 0 Å². The van der Waals surface area contributed by atoms with Gasteiger partial charge in [0.1, 0.15) is 12.2 Å². The number of aryl methyl sites for hydroxylation is 2. The third-order valence-corrected chi connectivity index (χ3v) is 4.87. The van der Waals surface area contributed by atoms with Crippen LogP contribution >= 0.6 is 0 Å². The normalized spacial score (nSPS) is 18.9. The SMILES string of the molecule is Cc1nc(N2CCN(Cc3ncn[nH]3)CC2)nc2c1CCCC2. The molecule has 122 valence electrons. The van der Waals surface area contributed by atoms with Crippen molar-refractivity contribution in [3.63, 3.8) is 0 Å². The number of nitrogens with zero attached hydrogens (tertiary/aromatic N) is 6. The maximum absolute atomic E-state index is 4.87. The lowest BCUT2D eigenvalue weighted by molar-refractivity contribution is 0.243. The van der Waals surface area contributed by atoms with E-state index < -0.39 is 0 Å². The Labute approximate surface area is 136 Å². The van der Waals surface area contributed by atoms with Crippen molar-refractivity contribution in [1.29, 1.82) is 0 Å². The third kappa shape index (κ3) is 3.06. The zero-order valence-corrected chi connectivity index (χ0v) is 13.6. The average molecular weight is 313 g/mol. The minimum Gasteiger partial charge on any atom is -0.338 e. The number of rotatable bonds is 3. The summed E-state index contributed by atoms with van der Waals surface area (Å²) in [6.45, 7) is 6.90. The number of hydrogen-bond donors (Lipinski definition) is 1. The number of aromatic amines is 1. The number of hydrogen-bond acceptors (Lipinski definition) is 6. The van der Waals surface area contributed by atoms with E-state index in [9.17, 15) is 0 Å². The molecule has 7 nitrogen and oxygen atoms in total. The van der Waals surface area contributed by atoms with Crippen molar-refractivity contribution < 1.29 is 0 Å². The van der Waals surface area contributed by atoms with E-state index in [0.717, 1.165) is 57.3 Å². The molecule has 0 unspecified atom stereocenters. The van der Waals surface area contributed by atoms with Crippen molar-refractivity contribution in [3.8, 4) is 0 Å². The molecule has 1 aliphatic heterocycles. The second kappa shape index (κ2) is 6.23. The van der Waals surface area contributed by atoms with Crippen LogP contribution in [0.1, 0.15) is 35.6 Å². The minimum absolute atomic E-state index is 0.831. The van der Waals surface area contributed by atoms with Crippen LogP contribution in [0.3, 0.4) is 0 Å². The van der Waals surface area contributed by atoms with Gasteiger partial charge in [-0.05, 0) is 38.2 Å². The van der Waals surface area contributed by atoms with Crippen molar-refractivity contribution >= 4 is 5.95 Å². The number of nitrogens with one attached hydrogen (secondary N) is 1. The molecule has 2 aromatic heterocycles. The Balaban J connectivity index is 1.43. The molecular formula is C16H23N7. The van der Waals surface area contributed by atoms with Crippen molar-refractivity contribution in [3.05, 3.63) is 29.1 Å². The molecular weight excluding hydrogens is 290 g/mol. The predicted octanol–water partition coefficient (Wildman–Crippen LogP) is 1.10. The van der Waals surface area contributed by atoms with E-state index in [0.29, 0.717) is 0 Å². The van der Waals surface area contributed by atoms with Crippen LogP contribution in [-0.2, 0) is 19.4 Å². The highest BCUT2D eigenvalue weighted by atomic mass is 15.3. The van der Waals surface area contributed by atoms with E-state index >= 15 is 0 Å². The molecule has 1 fully saturated rings. The predicted molar refractivity (Wildman–Crippen MR) is 87.3 cm³/mol. The summed E-state index contributed by atoms with van der Waals surface area (Å²) in [6.07, 6.45) is 6.35. The first-order chi connectivity index (χ1) is 11.3. The number of fused-ring (bicyclic) bond motifs is 1. The van der Waals surface area contributed by atoms with Crippen LogP contribution in [0.2, 0.25) is 0 Å². The van der Waals surface area contributed by atoms with Crippen molar-refractivity contribution in [2.24, 2.45) is 0 Å². The van der Waals surface area contributed by atoms with Crippen molar-refractivity contribution in [2.75, 3.05) is 31.1 Å². The first kappa shape index (κ1) is 14.6. The first-order valence-corrected chi connectivity index (χ1v) is 8.47. The summed E-state index contributed by atoms with van der Waals surface area (Å²) in [4.78, 5) is 18.6. The molecule has 2 aromatic rings. The molecule has 0 atom stereocenters. The highest BCUT2D eigenvalue weighted by molar-refractivity contribution is 5.38. The third-order valence-electron chi connectivity index (χ3n) is 4.87.